The van der Waals surface area contributed by atoms with Gasteiger partial charge in [-0.1, -0.05) is 60.7 Å². The SMILES string of the molecule is O=S(=O)(OC[C@H]1CN(Cc2ccccc2)CC[C@H]1c1ccc(F)cc1)c1ccccc1. The number of benzene rings is 3. The molecule has 0 unspecified atom stereocenters. The summed E-state index contributed by atoms with van der Waals surface area (Å²) in [5, 5.41) is 0. The molecule has 1 saturated heterocycles. The van der Waals surface area contributed by atoms with Crippen molar-refractivity contribution < 1.29 is 17.0 Å². The van der Waals surface area contributed by atoms with Crippen molar-refractivity contribution in [2.24, 2.45) is 5.92 Å². The molecule has 4 rings (SSSR count). The van der Waals surface area contributed by atoms with Crippen molar-refractivity contribution in [1.82, 2.24) is 4.90 Å². The number of nitrogens with zero attached hydrogens (tertiary/aromatic N) is 1. The number of piperidine rings is 1. The van der Waals surface area contributed by atoms with E-state index in [9.17, 15) is 12.8 Å². The van der Waals surface area contributed by atoms with Gasteiger partial charge in [-0.2, -0.15) is 8.42 Å². The first-order chi connectivity index (χ1) is 15.0. The van der Waals surface area contributed by atoms with Gasteiger partial charge >= 0.3 is 0 Å². The number of halogens is 1. The Balaban J connectivity index is 1.51. The molecule has 3 aromatic rings. The Kier molecular flexibility index (Phi) is 6.80. The van der Waals surface area contributed by atoms with Gasteiger partial charge in [0.15, 0.2) is 0 Å². The van der Waals surface area contributed by atoms with Gasteiger partial charge in [0.25, 0.3) is 10.1 Å². The second-order valence-corrected chi connectivity index (χ2v) is 9.59. The molecule has 4 nitrogen and oxygen atoms in total. The fraction of sp³-hybridized carbons (Fsp3) is 0.280. The first-order valence-corrected chi connectivity index (χ1v) is 11.9. The first kappa shape index (κ1) is 21.7. The molecule has 162 valence electrons. The molecule has 0 bridgehead atoms. The zero-order valence-electron chi connectivity index (χ0n) is 17.2. The molecule has 1 heterocycles. The molecule has 2 atom stereocenters. The number of hydrogen-bond donors (Lipinski definition) is 0. The summed E-state index contributed by atoms with van der Waals surface area (Å²) in [6, 6.07) is 25.0. The van der Waals surface area contributed by atoms with Gasteiger partial charge in [-0.15, -0.1) is 0 Å². The monoisotopic (exact) mass is 439 g/mol. The average molecular weight is 440 g/mol. The highest BCUT2D eigenvalue weighted by Crippen LogP contribution is 2.34. The van der Waals surface area contributed by atoms with Crippen molar-refractivity contribution in [3.63, 3.8) is 0 Å². The normalized spacial score (nSPS) is 19.9. The molecule has 1 fully saturated rings. The third kappa shape index (κ3) is 5.58. The van der Waals surface area contributed by atoms with E-state index in [-0.39, 0.29) is 29.2 Å². The maximum atomic E-state index is 13.4. The van der Waals surface area contributed by atoms with E-state index in [1.807, 2.05) is 18.2 Å². The maximum absolute atomic E-state index is 13.4. The first-order valence-electron chi connectivity index (χ1n) is 10.5. The standard InChI is InChI=1S/C25H26FNO3S/c26-23-13-11-21(12-14-23)25-15-16-27(17-20-7-3-1-4-8-20)18-22(25)19-30-31(28,29)24-9-5-2-6-10-24/h1-14,22,25H,15-19H2/t22-,25+/m1/s1. The van der Waals surface area contributed by atoms with Crippen LogP contribution < -0.4 is 0 Å². The molecule has 0 N–H and O–H groups in total. The van der Waals surface area contributed by atoms with Crippen molar-refractivity contribution in [2.75, 3.05) is 19.7 Å². The largest absolute Gasteiger partial charge is 0.299 e. The van der Waals surface area contributed by atoms with Gasteiger partial charge in [-0.05, 0) is 54.3 Å². The molecule has 0 aromatic heterocycles. The summed E-state index contributed by atoms with van der Waals surface area (Å²) in [5.74, 6) is -0.190. The van der Waals surface area contributed by atoms with Gasteiger partial charge in [0.2, 0.25) is 0 Å². The second kappa shape index (κ2) is 9.73. The zero-order valence-corrected chi connectivity index (χ0v) is 18.0. The lowest BCUT2D eigenvalue weighted by molar-refractivity contribution is 0.108. The third-order valence-electron chi connectivity index (χ3n) is 5.83. The van der Waals surface area contributed by atoms with Crippen LogP contribution in [0, 0.1) is 11.7 Å². The molecular weight excluding hydrogens is 413 g/mol. The molecule has 1 aliphatic heterocycles. The Labute approximate surface area is 183 Å². The molecule has 1 aliphatic rings. The van der Waals surface area contributed by atoms with E-state index in [1.54, 1.807) is 30.3 Å². The lowest BCUT2D eigenvalue weighted by Crippen LogP contribution is -2.41. The van der Waals surface area contributed by atoms with Crippen LogP contribution in [0.4, 0.5) is 4.39 Å². The Hall–Kier alpha value is -2.54. The highest BCUT2D eigenvalue weighted by atomic mass is 32.2. The zero-order chi connectivity index (χ0) is 21.7. The van der Waals surface area contributed by atoms with Crippen molar-refractivity contribution in [3.05, 3.63) is 102 Å². The summed E-state index contributed by atoms with van der Waals surface area (Å²) in [6.07, 6.45) is 0.859. The molecular formula is C25H26FNO3S. The van der Waals surface area contributed by atoms with E-state index in [0.29, 0.717) is 6.54 Å². The van der Waals surface area contributed by atoms with Crippen molar-refractivity contribution in [2.45, 2.75) is 23.8 Å². The minimum absolute atomic E-state index is 0.0265. The van der Waals surface area contributed by atoms with Crippen LogP contribution in [0.1, 0.15) is 23.5 Å². The lowest BCUT2D eigenvalue weighted by atomic mass is 9.81. The molecule has 0 radical (unpaired) electrons. The van der Waals surface area contributed by atoms with Gasteiger partial charge in [-0.3, -0.25) is 9.08 Å². The molecule has 6 heteroatoms. The summed E-state index contributed by atoms with van der Waals surface area (Å²) >= 11 is 0. The average Bonchev–Trinajstić information content (AvgIpc) is 2.80. The smallest absolute Gasteiger partial charge is 0.296 e. The Bertz CT molecular complexity index is 1070. The van der Waals surface area contributed by atoms with Crippen LogP contribution >= 0.6 is 0 Å². The topological polar surface area (TPSA) is 46.6 Å². The van der Waals surface area contributed by atoms with Gasteiger partial charge in [0.1, 0.15) is 5.82 Å². The second-order valence-electron chi connectivity index (χ2n) is 7.98. The van der Waals surface area contributed by atoms with E-state index in [4.69, 9.17) is 4.18 Å². The molecule has 0 amide bonds. The van der Waals surface area contributed by atoms with Gasteiger partial charge in [0.05, 0.1) is 11.5 Å². The summed E-state index contributed by atoms with van der Waals surface area (Å²) < 4.78 is 44.2. The molecule has 0 spiro atoms. The predicted octanol–water partition coefficient (Wildman–Crippen LogP) is 4.84. The van der Waals surface area contributed by atoms with Crippen LogP contribution in [-0.4, -0.2) is 33.0 Å². The van der Waals surface area contributed by atoms with Crippen molar-refractivity contribution >= 4 is 10.1 Å². The molecule has 0 saturated carbocycles. The number of rotatable bonds is 7. The predicted molar refractivity (Wildman–Crippen MR) is 119 cm³/mol. The Morgan fingerprint density at radius 1 is 0.903 bits per heavy atom. The summed E-state index contributed by atoms with van der Waals surface area (Å²) in [6.45, 7) is 2.49. The van der Waals surface area contributed by atoms with E-state index in [1.165, 1.54) is 29.8 Å². The van der Waals surface area contributed by atoms with Gasteiger partial charge in [-0.25, -0.2) is 4.39 Å². The number of likely N-dealkylation sites (tertiary alicyclic amines) is 1. The number of hydrogen-bond acceptors (Lipinski definition) is 4. The van der Waals surface area contributed by atoms with E-state index in [2.05, 4.69) is 17.0 Å². The van der Waals surface area contributed by atoms with Crippen LogP contribution in [0.15, 0.2) is 89.8 Å². The lowest BCUT2D eigenvalue weighted by Gasteiger charge is -2.38. The van der Waals surface area contributed by atoms with Crippen LogP contribution in [0.3, 0.4) is 0 Å². The van der Waals surface area contributed by atoms with E-state index in [0.717, 1.165) is 25.1 Å². The fourth-order valence-corrected chi connectivity index (χ4v) is 5.22. The summed E-state index contributed by atoms with van der Waals surface area (Å²) in [4.78, 5) is 2.49. The van der Waals surface area contributed by atoms with Crippen molar-refractivity contribution in [1.29, 1.82) is 0 Å². The Morgan fingerprint density at radius 3 is 2.23 bits per heavy atom. The molecule has 0 aliphatic carbocycles. The molecule has 3 aromatic carbocycles. The summed E-state index contributed by atoms with van der Waals surface area (Å²) in [5.41, 5.74) is 2.24. The quantitative estimate of drug-likeness (QED) is 0.495. The van der Waals surface area contributed by atoms with Gasteiger partial charge < -0.3 is 0 Å². The van der Waals surface area contributed by atoms with Crippen LogP contribution in [0.5, 0.6) is 0 Å². The fourth-order valence-electron chi connectivity index (χ4n) is 4.24. The van der Waals surface area contributed by atoms with Gasteiger partial charge in [0, 0.05) is 19.0 Å². The third-order valence-corrected chi connectivity index (χ3v) is 7.13. The van der Waals surface area contributed by atoms with Crippen molar-refractivity contribution in [3.8, 4) is 0 Å². The van der Waals surface area contributed by atoms with E-state index < -0.39 is 10.1 Å². The minimum atomic E-state index is -3.83. The van der Waals surface area contributed by atoms with Crippen LogP contribution in [0.2, 0.25) is 0 Å². The maximum Gasteiger partial charge on any atom is 0.296 e. The Morgan fingerprint density at radius 2 is 1.55 bits per heavy atom. The van der Waals surface area contributed by atoms with Crippen LogP contribution in [-0.2, 0) is 20.8 Å². The minimum Gasteiger partial charge on any atom is -0.299 e. The molecule has 31 heavy (non-hydrogen) atoms. The summed E-state index contributed by atoms with van der Waals surface area (Å²) in [7, 11) is -3.83. The highest BCUT2D eigenvalue weighted by molar-refractivity contribution is 7.86. The highest BCUT2D eigenvalue weighted by Gasteiger charge is 2.32. The van der Waals surface area contributed by atoms with Crippen LogP contribution in [0.25, 0.3) is 0 Å². The van der Waals surface area contributed by atoms with E-state index >= 15 is 0 Å².